The zero-order valence-electron chi connectivity index (χ0n) is 17.9. The fourth-order valence-electron chi connectivity index (χ4n) is 3.55. The number of aromatic nitrogens is 2. The molecule has 2 amide bonds. The summed E-state index contributed by atoms with van der Waals surface area (Å²) >= 11 is 0. The Kier molecular flexibility index (Phi) is 8.98. The molecule has 2 N–H and O–H groups in total. The molecule has 8 heteroatoms. The summed E-state index contributed by atoms with van der Waals surface area (Å²) in [5.74, 6) is -0.188. The van der Waals surface area contributed by atoms with Crippen molar-refractivity contribution in [3.8, 4) is 0 Å². The number of rotatable bonds is 9. The largest absolute Gasteiger partial charge is 0.349 e. The van der Waals surface area contributed by atoms with Crippen molar-refractivity contribution in [2.75, 3.05) is 13.7 Å². The van der Waals surface area contributed by atoms with Crippen molar-refractivity contribution >= 4 is 11.8 Å². The van der Waals surface area contributed by atoms with Crippen molar-refractivity contribution < 1.29 is 19.4 Å². The van der Waals surface area contributed by atoms with Gasteiger partial charge < -0.3 is 10.6 Å². The van der Waals surface area contributed by atoms with Crippen LogP contribution in [0.2, 0.25) is 0 Å². The zero-order valence-corrected chi connectivity index (χ0v) is 17.9. The molecule has 1 aromatic rings. The van der Waals surface area contributed by atoms with Crippen LogP contribution in [0.25, 0.3) is 0 Å². The Morgan fingerprint density at radius 3 is 2.48 bits per heavy atom. The lowest BCUT2D eigenvalue weighted by Crippen LogP contribution is -2.54. The lowest BCUT2D eigenvalue weighted by molar-refractivity contribution is -0.279. The predicted molar refractivity (Wildman–Crippen MR) is 109 cm³/mol. The molecule has 2 atom stereocenters. The number of nitrogens with zero attached hydrogens (tertiary/aromatic N) is 2. The molecule has 0 aliphatic heterocycles. The molecule has 0 spiro atoms. The molecule has 1 aromatic heterocycles. The molecule has 0 saturated heterocycles. The van der Waals surface area contributed by atoms with Crippen LogP contribution in [0.1, 0.15) is 69.8 Å². The van der Waals surface area contributed by atoms with Crippen molar-refractivity contribution in [3.63, 3.8) is 0 Å². The Labute approximate surface area is 173 Å². The Hall–Kier alpha value is -2.06. The van der Waals surface area contributed by atoms with Crippen molar-refractivity contribution in [2.45, 2.75) is 71.4 Å². The topological polar surface area (TPSA) is 102 Å². The smallest absolute Gasteiger partial charge is 0.272 e. The van der Waals surface area contributed by atoms with Gasteiger partial charge in [-0.15, -0.1) is 0 Å². The number of carbonyl (C=O) groups is 2. The van der Waals surface area contributed by atoms with Crippen molar-refractivity contribution in [3.05, 3.63) is 24.3 Å². The van der Waals surface area contributed by atoms with Crippen LogP contribution in [-0.4, -0.2) is 47.6 Å². The van der Waals surface area contributed by atoms with Gasteiger partial charge in [0.25, 0.3) is 5.91 Å². The van der Waals surface area contributed by atoms with E-state index in [0.717, 1.165) is 12.8 Å². The molecule has 2 rings (SSSR count). The normalized spacial score (nSPS) is 17.4. The molecule has 1 saturated carbocycles. The van der Waals surface area contributed by atoms with Gasteiger partial charge in [0.2, 0.25) is 5.91 Å². The van der Waals surface area contributed by atoms with Gasteiger partial charge in [0.05, 0.1) is 19.3 Å². The standard InChI is InChI=1S/C21H34N4O4/c1-21(2,3)18(14-29-28-4)25-19(26)16(12-15-8-6-5-7-9-15)24-20(27)17-13-22-10-11-23-17/h10-11,13,15-16,18H,5-9,12,14H2,1-4H3,(H,24,27)(H,25,26)/t16-,18+/m0/s1. The molecule has 1 heterocycles. The SMILES string of the molecule is COOC[C@@H](NC(=O)[C@H](CC1CCCCC1)NC(=O)c1cnccn1)C(C)(C)C. The van der Waals surface area contributed by atoms with E-state index in [0.29, 0.717) is 12.3 Å². The van der Waals surface area contributed by atoms with E-state index in [4.69, 9.17) is 9.78 Å². The van der Waals surface area contributed by atoms with Gasteiger partial charge in [-0.3, -0.25) is 14.6 Å². The van der Waals surface area contributed by atoms with Crippen LogP contribution < -0.4 is 10.6 Å². The van der Waals surface area contributed by atoms with Crippen LogP contribution in [0.4, 0.5) is 0 Å². The summed E-state index contributed by atoms with van der Waals surface area (Å²) in [6.07, 6.45) is 10.7. The van der Waals surface area contributed by atoms with E-state index >= 15 is 0 Å². The van der Waals surface area contributed by atoms with Gasteiger partial charge in [0.15, 0.2) is 0 Å². The second-order valence-electron chi connectivity index (χ2n) is 8.73. The molecule has 8 nitrogen and oxygen atoms in total. The van der Waals surface area contributed by atoms with Crippen LogP contribution in [0, 0.1) is 11.3 Å². The number of hydrogen-bond donors (Lipinski definition) is 2. The molecule has 29 heavy (non-hydrogen) atoms. The van der Waals surface area contributed by atoms with Gasteiger partial charge in [-0.25, -0.2) is 14.8 Å². The van der Waals surface area contributed by atoms with Gasteiger partial charge in [-0.1, -0.05) is 52.9 Å². The Balaban J connectivity index is 2.11. The third-order valence-corrected chi connectivity index (χ3v) is 5.43. The highest BCUT2D eigenvalue weighted by Crippen LogP contribution is 2.28. The zero-order chi connectivity index (χ0) is 21.3. The van der Waals surface area contributed by atoms with Gasteiger partial charge in [-0.05, 0) is 17.8 Å². The minimum Gasteiger partial charge on any atom is -0.349 e. The molecule has 0 bridgehead atoms. The Bertz CT molecular complexity index is 642. The Morgan fingerprint density at radius 1 is 1.17 bits per heavy atom. The quantitative estimate of drug-likeness (QED) is 0.483. The average Bonchev–Trinajstić information content (AvgIpc) is 2.71. The van der Waals surface area contributed by atoms with Crippen molar-refractivity contribution in [1.82, 2.24) is 20.6 Å². The summed E-state index contributed by atoms with van der Waals surface area (Å²) in [4.78, 5) is 43.5. The maximum absolute atomic E-state index is 13.1. The summed E-state index contributed by atoms with van der Waals surface area (Å²) < 4.78 is 0. The first-order valence-electron chi connectivity index (χ1n) is 10.3. The fraction of sp³-hybridized carbons (Fsp3) is 0.714. The van der Waals surface area contributed by atoms with E-state index in [1.165, 1.54) is 45.0 Å². The predicted octanol–water partition coefficient (Wildman–Crippen LogP) is 2.65. The van der Waals surface area contributed by atoms with E-state index in [1.54, 1.807) is 0 Å². The molecule has 0 unspecified atom stereocenters. The molecule has 0 aromatic carbocycles. The Morgan fingerprint density at radius 2 is 1.90 bits per heavy atom. The molecular weight excluding hydrogens is 372 g/mol. The molecular formula is C21H34N4O4. The molecule has 1 aliphatic rings. The molecule has 0 radical (unpaired) electrons. The minimum absolute atomic E-state index is 0.198. The van der Waals surface area contributed by atoms with Crippen LogP contribution in [0.3, 0.4) is 0 Å². The second kappa shape index (κ2) is 11.2. The van der Waals surface area contributed by atoms with Crippen LogP contribution in [-0.2, 0) is 14.6 Å². The van der Waals surface area contributed by atoms with E-state index in [9.17, 15) is 9.59 Å². The van der Waals surface area contributed by atoms with Gasteiger partial charge in [-0.2, -0.15) is 0 Å². The number of amides is 2. The average molecular weight is 407 g/mol. The van der Waals surface area contributed by atoms with Crippen molar-refractivity contribution in [1.29, 1.82) is 0 Å². The first-order valence-corrected chi connectivity index (χ1v) is 10.3. The van der Waals surface area contributed by atoms with E-state index in [-0.39, 0.29) is 29.7 Å². The van der Waals surface area contributed by atoms with Gasteiger partial charge in [0.1, 0.15) is 18.3 Å². The molecule has 1 fully saturated rings. The van der Waals surface area contributed by atoms with E-state index in [2.05, 4.69) is 20.6 Å². The highest BCUT2D eigenvalue weighted by molar-refractivity contribution is 5.95. The van der Waals surface area contributed by atoms with Crippen LogP contribution in [0.5, 0.6) is 0 Å². The maximum Gasteiger partial charge on any atom is 0.272 e. The minimum atomic E-state index is -0.639. The monoisotopic (exact) mass is 406 g/mol. The van der Waals surface area contributed by atoms with Crippen molar-refractivity contribution in [2.24, 2.45) is 11.3 Å². The maximum atomic E-state index is 13.1. The number of carbonyl (C=O) groups excluding carboxylic acids is 2. The summed E-state index contributed by atoms with van der Waals surface area (Å²) in [6, 6.07) is -0.905. The molecule has 162 valence electrons. The fourth-order valence-corrected chi connectivity index (χ4v) is 3.55. The van der Waals surface area contributed by atoms with E-state index in [1.807, 2.05) is 20.8 Å². The lowest BCUT2D eigenvalue weighted by Gasteiger charge is -2.33. The third kappa shape index (κ3) is 7.70. The first-order chi connectivity index (χ1) is 13.8. The number of nitrogens with one attached hydrogen (secondary N) is 2. The van der Waals surface area contributed by atoms with Gasteiger partial charge >= 0.3 is 0 Å². The lowest BCUT2D eigenvalue weighted by atomic mass is 9.84. The van der Waals surface area contributed by atoms with Gasteiger partial charge in [0, 0.05) is 12.4 Å². The molecule has 1 aliphatic carbocycles. The summed E-state index contributed by atoms with van der Waals surface area (Å²) in [6.45, 7) is 6.28. The first kappa shape index (κ1) is 23.2. The third-order valence-electron chi connectivity index (χ3n) is 5.43. The highest BCUT2D eigenvalue weighted by atomic mass is 17.2. The second-order valence-corrected chi connectivity index (χ2v) is 8.73. The van der Waals surface area contributed by atoms with E-state index < -0.39 is 11.9 Å². The number of hydrogen-bond acceptors (Lipinski definition) is 6. The highest BCUT2D eigenvalue weighted by Gasteiger charge is 2.32. The summed E-state index contributed by atoms with van der Waals surface area (Å²) in [7, 11) is 1.44. The van der Waals surface area contributed by atoms with Crippen LogP contribution in [0.15, 0.2) is 18.6 Å². The summed E-state index contributed by atoms with van der Waals surface area (Å²) in [5.41, 5.74) is -0.0394. The van der Waals surface area contributed by atoms with Crippen LogP contribution >= 0.6 is 0 Å². The summed E-state index contributed by atoms with van der Waals surface area (Å²) in [5, 5.41) is 5.91.